The Morgan fingerprint density at radius 3 is 2.33 bits per heavy atom. The van der Waals surface area contributed by atoms with E-state index >= 15 is 0 Å². The molecule has 0 radical (unpaired) electrons. The topological polar surface area (TPSA) is 95.5 Å². The zero-order valence-electron chi connectivity index (χ0n) is 12.1. The first kappa shape index (κ1) is 16.7. The Labute approximate surface area is 123 Å². The van der Waals surface area contributed by atoms with Crippen molar-refractivity contribution < 1.29 is 19.5 Å². The molecule has 2 amide bonds. The van der Waals surface area contributed by atoms with Gasteiger partial charge in [0.25, 0.3) is 5.91 Å². The molecule has 6 nitrogen and oxygen atoms in total. The summed E-state index contributed by atoms with van der Waals surface area (Å²) in [6.45, 7) is 3.35. The fraction of sp³-hybridized carbons (Fsp3) is 0.400. The Bertz CT molecular complexity index is 502. The van der Waals surface area contributed by atoms with Gasteiger partial charge in [-0.05, 0) is 18.1 Å². The van der Waals surface area contributed by atoms with E-state index in [0.29, 0.717) is 12.0 Å². The standard InChI is InChI=1S/C15H20N2O4/c1-3-10(2)13(15(20)21)17-12(18)9-16-14(19)11-7-5-4-6-8-11/h4-8,10,13H,3,9H2,1-2H3,(H,16,19)(H,17,18)(H,20,21)/t10-,13+/m1/s1. The molecule has 114 valence electrons. The molecule has 0 aromatic heterocycles. The summed E-state index contributed by atoms with van der Waals surface area (Å²) in [5, 5.41) is 14.0. The number of rotatable bonds is 7. The van der Waals surface area contributed by atoms with E-state index in [1.54, 1.807) is 37.3 Å². The molecule has 0 fully saturated rings. The summed E-state index contributed by atoms with van der Waals surface area (Å²) in [6, 6.07) is 7.54. The minimum absolute atomic E-state index is 0.184. The fourth-order valence-electron chi connectivity index (χ4n) is 1.76. The number of benzene rings is 1. The molecule has 0 heterocycles. The van der Waals surface area contributed by atoms with Crippen LogP contribution >= 0.6 is 0 Å². The minimum Gasteiger partial charge on any atom is -0.480 e. The van der Waals surface area contributed by atoms with Gasteiger partial charge in [-0.15, -0.1) is 0 Å². The van der Waals surface area contributed by atoms with Crippen molar-refractivity contribution >= 4 is 17.8 Å². The highest BCUT2D eigenvalue weighted by atomic mass is 16.4. The van der Waals surface area contributed by atoms with Crippen LogP contribution in [0.5, 0.6) is 0 Å². The molecule has 2 atom stereocenters. The molecule has 1 aromatic carbocycles. The predicted molar refractivity (Wildman–Crippen MR) is 77.8 cm³/mol. The Balaban J connectivity index is 2.50. The maximum absolute atomic E-state index is 11.8. The zero-order valence-corrected chi connectivity index (χ0v) is 12.1. The summed E-state index contributed by atoms with van der Waals surface area (Å²) in [5.41, 5.74) is 0.446. The van der Waals surface area contributed by atoms with Crippen molar-refractivity contribution in [2.24, 2.45) is 5.92 Å². The van der Waals surface area contributed by atoms with E-state index in [1.807, 2.05) is 6.92 Å². The van der Waals surface area contributed by atoms with Crippen molar-refractivity contribution in [3.05, 3.63) is 35.9 Å². The number of carbonyl (C=O) groups is 3. The Hall–Kier alpha value is -2.37. The van der Waals surface area contributed by atoms with Gasteiger partial charge >= 0.3 is 5.97 Å². The molecule has 6 heteroatoms. The molecule has 0 saturated heterocycles. The molecule has 0 saturated carbocycles. The average Bonchev–Trinajstić information content (AvgIpc) is 2.50. The van der Waals surface area contributed by atoms with Gasteiger partial charge in [0.15, 0.2) is 0 Å². The van der Waals surface area contributed by atoms with Crippen molar-refractivity contribution in [1.82, 2.24) is 10.6 Å². The maximum atomic E-state index is 11.8. The molecule has 21 heavy (non-hydrogen) atoms. The van der Waals surface area contributed by atoms with Crippen LogP contribution in [-0.4, -0.2) is 35.5 Å². The molecule has 1 rings (SSSR count). The Morgan fingerprint density at radius 1 is 1.19 bits per heavy atom. The molecule has 0 aliphatic rings. The van der Waals surface area contributed by atoms with E-state index in [-0.39, 0.29) is 18.4 Å². The number of carbonyl (C=O) groups excluding carboxylic acids is 2. The second-order valence-electron chi connectivity index (χ2n) is 4.82. The monoisotopic (exact) mass is 292 g/mol. The lowest BCUT2D eigenvalue weighted by atomic mass is 9.99. The number of carboxylic acids is 1. The van der Waals surface area contributed by atoms with Gasteiger partial charge < -0.3 is 15.7 Å². The molecular formula is C15H20N2O4. The fourth-order valence-corrected chi connectivity index (χ4v) is 1.76. The van der Waals surface area contributed by atoms with Crippen LogP contribution in [0.1, 0.15) is 30.6 Å². The lowest BCUT2D eigenvalue weighted by molar-refractivity contribution is -0.143. The van der Waals surface area contributed by atoms with Gasteiger partial charge in [0, 0.05) is 5.56 Å². The van der Waals surface area contributed by atoms with Gasteiger partial charge in [-0.3, -0.25) is 9.59 Å². The van der Waals surface area contributed by atoms with Crippen molar-refractivity contribution in [2.75, 3.05) is 6.54 Å². The first-order valence-corrected chi connectivity index (χ1v) is 6.81. The largest absolute Gasteiger partial charge is 0.480 e. The van der Waals surface area contributed by atoms with Crippen molar-refractivity contribution in [2.45, 2.75) is 26.3 Å². The summed E-state index contributed by atoms with van der Waals surface area (Å²) in [5.74, 6) is -2.16. The van der Waals surface area contributed by atoms with Gasteiger partial charge in [0.1, 0.15) is 6.04 Å². The molecule has 0 aliphatic carbocycles. The number of nitrogens with one attached hydrogen (secondary N) is 2. The van der Waals surface area contributed by atoms with E-state index in [9.17, 15) is 14.4 Å². The van der Waals surface area contributed by atoms with Crippen molar-refractivity contribution in [1.29, 1.82) is 0 Å². The molecule has 0 spiro atoms. The first-order chi connectivity index (χ1) is 9.95. The van der Waals surface area contributed by atoms with Crippen LogP contribution in [0.3, 0.4) is 0 Å². The number of amides is 2. The van der Waals surface area contributed by atoms with E-state index in [0.717, 1.165) is 0 Å². The lowest BCUT2D eigenvalue weighted by Gasteiger charge is -2.20. The molecule has 0 bridgehead atoms. The van der Waals surface area contributed by atoms with Crippen LogP contribution in [0.2, 0.25) is 0 Å². The van der Waals surface area contributed by atoms with Gasteiger partial charge in [0.2, 0.25) is 5.91 Å². The van der Waals surface area contributed by atoms with Gasteiger partial charge in [-0.1, -0.05) is 38.5 Å². The first-order valence-electron chi connectivity index (χ1n) is 6.81. The highest BCUT2D eigenvalue weighted by molar-refractivity contribution is 5.96. The normalized spacial score (nSPS) is 13.0. The zero-order chi connectivity index (χ0) is 15.8. The predicted octanol–water partition coefficient (Wildman–Crippen LogP) is 1.03. The third kappa shape index (κ3) is 5.25. The van der Waals surface area contributed by atoms with Gasteiger partial charge in [0.05, 0.1) is 6.54 Å². The summed E-state index contributed by atoms with van der Waals surface area (Å²) in [4.78, 5) is 34.6. The second-order valence-corrected chi connectivity index (χ2v) is 4.82. The maximum Gasteiger partial charge on any atom is 0.326 e. The van der Waals surface area contributed by atoms with Crippen LogP contribution in [0.15, 0.2) is 30.3 Å². The van der Waals surface area contributed by atoms with E-state index < -0.39 is 17.9 Å². The Morgan fingerprint density at radius 2 is 1.81 bits per heavy atom. The van der Waals surface area contributed by atoms with Crippen LogP contribution in [-0.2, 0) is 9.59 Å². The van der Waals surface area contributed by atoms with Crippen LogP contribution in [0, 0.1) is 5.92 Å². The number of hydrogen-bond acceptors (Lipinski definition) is 3. The summed E-state index contributed by atoms with van der Waals surface area (Å²) in [7, 11) is 0. The Kier molecular flexibility index (Phi) is 6.39. The molecule has 3 N–H and O–H groups in total. The van der Waals surface area contributed by atoms with Crippen LogP contribution < -0.4 is 10.6 Å². The highest BCUT2D eigenvalue weighted by Crippen LogP contribution is 2.07. The third-order valence-electron chi connectivity index (χ3n) is 3.24. The van der Waals surface area contributed by atoms with Crippen molar-refractivity contribution in [3.63, 3.8) is 0 Å². The molecule has 0 aliphatic heterocycles. The third-order valence-corrected chi connectivity index (χ3v) is 3.24. The number of carboxylic acid groups (broad SMARTS) is 1. The lowest BCUT2D eigenvalue weighted by Crippen LogP contribution is -2.48. The van der Waals surface area contributed by atoms with E-state index in [2.05, 4.69) is 10.6 Å². The van der Waals surface area contributed by atoms with E-state index in [4.69, 9.17) is 5.11 Å². The molecular weight excluding hydrogens is 272 g/mol. The molecule has 1 aromatic rings. The smallest absolute Gasteiger partial charge is 0.326 e. The molecule has 0 unspecified atom stereocenters. The summed E-state index contributed by atoms with van der Waals surface area (Å²) >= 11 is 0. The van der Waals surface area contributed by atoms with Crippen LogP contribution in [0.4, 0.5) is 0 Å². The highest BCUT2D eigenvalue weighted by Gasteiger charge is 2.25. The summed E-state index contributed by atoms with van der Waals surface area (Å²) in [6.07, 6.45) is 0.633. The SMILES string of the molecule is CC[C@@H](C)[C@H](NC(=O)CNC(=O)c1ccccc1)C(=O)O. The van der Waals surface area contributed by atoms with Gasteiger partial charge in [-0.25, -0.2) is 4.79 Å². The van der Waals surface area contributed by atoms with Crippen molar-refractivity contribution in [3.8, 4) is 0 Å². The second kappa shape index (κ2) is 8.04. The number of hydrogen-bond donors (Lipinski definition) is 3. The van der Waals surface area contributed by atoms with E-state index in [1.165, 1.54) is 0 Å². The van der Waals surface area contributed by atoms with Gasteiger partial charge in [-0.2, -0.15) is 0 Å². The summed E-state index contributed by atoms with van der Waals surface area (Å²) < 4.78 is 0. The number of aliphatic carboxylic acids is 1. The average molecular weight is 292 g/mol. The van der Waals surface area contributed by atoms with Crippen LogP contribution in [0.25, 0.3) is 0 Å². The minimum atomic E-state index is -1.08. The quantitative estimate of drug-likeness (QED) is 0.699.